The molecule has 0 N–H and O–H groups in total. The summed E-state index contributed by atoms with van der Waals surface area (Å²) in [6.07, 6.45) is 0.749. The third-order valence-corrected chi connectivity index (χ3v) is 2.87. The number of amides is 1. The second-order valence-corrected chi connectivity index (χ2v) is 4.31. The highest BCUT2D eigenvalue weighted by molar-refractivity contribution is 6.04. The highest BCUT2D eigenvalue weighted by atomic mass is 19.1. The van der Waals surface area contributed by atoms with Gasteiger partial charge in [-0.1, -0.05) is 12.1 Å². The molecule has 0 fully saturated rings. The molecule has 0 aromatic heterocycles. The first-order valence-corrected chi connectivity index (χ1v) is 6.39. The molecule has 1 aromatic carbocycles. The summed E-state index contributed by atoms with van der Waals surface area (Å²) in [5.74, 6) is -1.04. The van der Waals surface area contributed by atoms with E-state index in [1.54, 1.807) is 19.1 Å². The predicted molar refractivity (Wildman–Crippen MR) is 70.5 cm³/mol. The van der Waals surface area contributed by atoms with Crippen molar-refractivity contribution < 1.29 is 18.7 Å². The number of hydrogen-bond acceptors (Lipinski definition) is 4. The average molecular weight is 278 g/mol. The van der Waals surface area contributed by atoms with Crippen LogP contribution in [0.25, 0.3) is 0 Å². The van der Waals surface area contributed by atoms with E-state index in [0.717, 1.165) is 10.6 Å². The molecule has 1 aromatic rings. The van der Waals surface area contributed by atoms with Gasteiger partial charge in [-0.3, -0.25) is 9.59 Å². The second-order valence-electron chi connectivity index (χ2n) is 4.31. The van der Waals surface area contributed by atoms with Gasteiger partial charge >= 0.3 is 5.97 Å². The van der Waals surface area contributed by atoms with E-state index in [4.69, 9.17) is 4.74 Å². The molecular weight excluding hydrogens is 263 g/mol. The third kappa shape index (κ3) is 3.40. The Morgan fingerprint density at radius 2 is 2.05 bits per heavy atom. The van der Waals surface area contributed by atoms with E-state index in [1.807, 2.05) is 0 Å². The minimum absolute atomic E-state index is 0.197. The van der Waals surface area contributed by atoms with Crippen molar-refractivity contribution in [3.8, 4) is 0 Å². The fraction of sp³-hybridized carbons (Fsp3) is 0.357. The van der Waals surface area contributed by atoms with Crippen LogP contribution in [0.4, 0.5) is 4.39 Å². The van der Waals surface area contributed by atoms with Gasteiger partial charge < -0.3 is 4.74 Å². The van der Waals surface area contributed by atoms with Crippen molar-refractivity contribution in [1.82, 2.24) is 5.01 Å². The minimum Gasteiger partial charge on any atom is -0.465 e. The summed E-state index contributed by atoms with van der Waals surface area (Å²) < 4.78 is 17.7. The number of ether oxygens (including phenoxy) is 1. The van der Waals surface area contributed by atoms with Crippen LogP contribution in [0.1, 0.15) is 25.3 Å². The first-order chi connectivity index (χ1) is 9.60. The monoisotopic (exact) mass is 278 g/mol. The van der Waals surface area contributed by atoms with Crippen molar-refractivity contribution in [2.75, 3.05) is 13.2 Å². The Kier molecular flexibility index (Phi) is 4.45. The van der Waals surface area contributed by atoms with Gasteiger partial charge in [0, 0.05) is 12.8 Å². The number of hydrogen-bond donors (Lipinski definition) is 0. The SMILES string of the molecule is CCOC(=O)CN1N=C(c2ccc(F)cc2)CCC1=O. The first-order valence-electron chi connectivity index (χ1n) is 6.39. The maximum Gasteiger partial charge on any atom is 0.327 e. The summed E-state index contributed by atoms with van der Waals surface area (Å²) in [6.45, 7) is 1.76. The maximum absolute atomic E-state index is 12.9. The Hall–Kier alpha value is -2.24. The average Bonchev–Trinajstić information content (AvgIpc) is 2.42. The van der Waals surface area contributed by atoms with Crippen molar-refractivity contribution in [2.45, 2.75) is 19.8 Å². The molecular formula is C14H15FN2O3. The lowest BCUT2D eigenvalue weighted by Gasteiger charge is -2.22. The molecule has 0 bridgehead atoms. The Labute approximate surface area is 116 Å². The summed E-state index contributed by atoms with van der Waals surface area (Å²) >= 11 is 0. The van der Waals surface area contributed by atoms with E-state index in [2.05, 4.69) is 5.10 Å². The topological polar surface area (TPSA) is 59.0 Å². The van der Waals surface area contributed by atoms with Crippen LogP contribution < -0.4 is 0 Å². The smallest absolute Gasteiger partial charge is 0.327 e. The molecule has 1 amide bonds. The zero-order valence-corrected chi connectivity index (χ0v) is 11.1. The third-order valence-electron chi connectivity index (χ3n) is 2.87. The van der Waals surface area contributed by atoms with E-state index in [0.29, 0.717) is 12.1 Å². The van der Waals surface area contributed by atoms with Crippen LogP contribution in [-0.4, -0.2) is 35.7 Å². The zero-order chi connectivity index (χ0) is 14.5. The Bertz CT molecular complexity index is 540. The zero-order valence-electron chi connectivity index (χ0n) is 11.1. The van der Waals surface area contributed by atoms with Crippen molar-refractivity contribution in [3.63, 3.8) is 0 Å². The Morgan fingerprint density at radius 1 is 1.35 bits per heavy atom. The molecule has 2 rings (SSSR count). The van der Waals surface area contributed by atoms with Crippen LogP contribution in [-0.2, 0) is 14.3 Å². The van der Waals surface area contributed by atoms with Crippen LogP contribution in [0.3, 0.4) is 0 Å². The summed E-state index contributed by atoms with van der Waals surface area (Å²) in [7, 11) is 0. The van der Waals surface area contributed by atoms with Gasteiger partial charge in [-0.05, 0) is 24.6 Å². The highest BCUT2D eigenvalue weighted by Gasteiger charge is 2.23. The van der Waals surface area contributed by atoms with Crippen molar-refractivity contribution in [2.24, 2.45) is 5.10 Å². The molecule has 0 radical (unpaired) electrons. The van der Waals surface area contributed by atoms with E-state index in [1.165, 1.54) is 12.1 Å². The van der Waals surface area contributed by atoms with E-state index in [9.17, 15) is 14.0 Å². The lowest BCUT2D eigenvalue weighted by Crippen LogP contribution is -2.36. The molecule has 1 heterocycles. The summed E-state index contributed by atoms with van der Waals surface area (Å²) in [5.41, 5.74) is 1.40. The molecule has 1 aliphatic rings. The number of hydrazone groups is 1. The fourth-order valence-corrected chi connectivity index (χ4v) is 1.90. The largest absolute Gasteiger partial charge is 0.465 e. The van der Waals surface area contributed by atoms with E-state index in [-0.39, 0.29) is 31.3 Å². The maximum atomic E-state index is 12.9. The van der Waals surface area contributed by atoms with Crippen molar-refractivity contribution in [3.05, 3.63) is 35.6 Å². The fourth-order valence-electron chi connectivity index (χ4n) is 1.90. The van der Waals surface area contributed by atoms with Crippen LogP contribution >= 0.6 is 0 Å². The van der Waals surface area contributed by atoms with Crippen LogP contribution in [0.15, 0.2) is 29.4 Å². The van der Waals surface area contributed by atoms with Crippen molar-refractivity contribution in [1.29, 1.82) is 0 Å². The Balaban J connectivity index is 2.15. The lowest BCUT2D eigenvalue weighted by molar-refractivity contribution is -0.149. The molecule has 5 nitrogen and oxygen atoms in total. The number of nitrogens with zero attached hydrogens (tertiary/aromatic N) is 2. The van der Waals surface area contributed by atoms with E-state index >= 15 is 0 Å². The van der Waals surface area contributed by atoms with Gasteiger partial charge in [-0.25, -0.2) is 9.40 Å². The summed E-state index contributed by atoms with van der Waals surface area (Å²) in [6, 6.07) is 5.88. The first kappa shape index (κ1) is 14.2. The Morgan fingerprint density at radius 3 is 2.70 bits per heavy atom. The van der Waals surface area contributed by atoms with Crippen LogP contribution in [0.2, 0.25) is 0 Å². The number of carbonyl (C=O) groups is 2. The molecule has 106 valence electrons. The number of halogens is 1. The van der Waals surface area contributed by atoms with Gasteiger partial charge in [0.15, 0.2) is 0 Å². The molecule has 0 atom stereocenters. The summed E-state index contributed by atoms with van der Waals surface area (Å²) in [4.78, 5) is 23.1. The lowest BCUT2D eigenvalue weighted by atomic mass is 10.0. The normalized spacial score (nSPS) is 15.0. The van der Waals surface area contributed by atoms with Gasteiger partial charge in [0.2, 0.25) is 5.91 Å². The standard InChI is InChI=1S/C14H15FN2O3/c1-2-20-14(19)9-17-13(18)8-7-12(16-17)10-3-5-11(15)6-4-10/h3-6H,2,7-9H2,1H3. The number of benzene rings is 1. The second kappa shape index (κ2) is 6.27. The molecule has 0 unspecified atom stereocenters. The van der Waals surface area contributed by atoms with Gasteiger partial charge in [0.1, 0.15) is 12.4 Å². The molecule has 1 aliphatic heterocycles. The number of rotatable bonds is 4. The van der Waals surface area contributed by atoms with Gasteiger partial charge in [0.05, 0.1) is 12.3 Å². The molecule has 20 heavy (non-hydrogen) atoms. The summed E-state index contributed by atoms with van der Waals surface area (Å²) in [5, 5.41) is 5.27. The highest BCUT2D eigenvalue weighted by Crippen LogP contribution is 2.15. The predicted octanol–water partition coefficient (Wildman–Crippen LogP) is 1.72. The molecule has 6 heteroatoms. The van der Waals surface area contributed by atoms with Crippen molar-refractivity contribution >= 4 is 17.6 Å². The molecule has 0 saturated heterocycles. The number of esters is 1. The van der Waals surface area contributed by atoms with Crippen LogP contribution in [0, 0.1) is 5.82 Å². The van der Waals surface area contributed by atoms with Gasteiger partial charge in [-0.2, -0.15) is 5.10 Å². The minimum atomic E-state index is -0.495. The van der Waals surface area contributed by atoms with Crippen LogP contribution in [0.5, 0.6) is 0 Å². The molecule has 0 spiro atoms. The molecule has 0 saturated carbocycles. The quantitative estimate of drug-likeness (QED) is 0.788. The van der Waals surface area contributed by atoms with E-state index < -0.39 is 5.97 Å². The van der Waals surface area contributed by atoms with Gasteiger partial charge in [-0.15, -0.1) is 0 Å². The van der Waals surface area contributed by atoms with Gasteiger partial charge in [0.25, 0.3) is 0 Å². The molecule has 0 aliphatic carbocycles. The number of carbonyl (C=O) groups excluding carboxylic acids is 2.